The Morgan fingerprint density at radius 2 is 2.30 bits per heavy atom. The van der Waals surface area contributed by atoms with Gasteiger partial charge in [-0.3, -0.25) is 0 Å². The molecule has 0 amide bonds. The molecule has 3 nitrogen and oxygen atoms in total. The number of hydrogen-bond donors (Lipinski definition) is 1. The lowest BCUT2D eigenvalue weighted by Gasteiger charge is -2.05. The number of aliphatic hydroxyl groups is 1. The molecule has 1 N–H and O–H groups in total. The molecule has 10 heavy (non-hydrogen) atoms. The predicted molar refractivity (Wildman–Crippen MR) is 38.9 cm³/mol. The van der Waals surface area contributed by atoms with Gasteiger partial charge in [-0.2, -0.15) is 0 Å². The summed E-state index contributed by atoms with van der Waals surface area (Å²) in [6.45, 7) is 0.334. The molecular weight excluding hydrogens is 200 g/mol. The van der Waals surface area contributed by atoms with Crippen molar-refractivity contribution in [1.82, 2.24) is 0 Å². The van der Waals surface area contributed by atoms with E-state index in [1.54, 1.807) is 0 Å². The highest BCUT2D eigenvalue weighted by molar-refractivity contribution is 9.09. The zero-order valence-corrected chi connectivity index (χ0v) is 7.06. The summed E-state index contributed by atoms with van der Waals surface area (Å²) < 4.78 is 4.68. The first kappa shape index (κ1) is 8.01. The van der Waals surface area contributed by atoms with Crippen molar-refractivity contribution in [2.75, 3.05) is 11.9 Å². The topological polar surface area (TPSA) is 46.5 Å². The van der Waals surface area contributed by atoms with Crippen molar-refractivity contribution in [2.24, 2.45) is 0 Å². The van der Waals surface area contributed by atoms with E-state index in [1.165, 1.54) is 0 Å². The molecule has 0 aromatic heterocycles. The normalized spacial score (nSPS) is 20.2. The van der Waals surface area contributed by atoms with E-state index < -0.39 is 11.6 Å². The molecular formula is C6H9BrO3. The summed E-state index contributed by atoms with van der Waals surface area (Å²) in [6.07, 6.45) is 1.10. The summed E-state index contributed by atoms with van der Waals surface area (Å²) >= 11 is 3.11. The van der Waals surface area contributed by atoms with Crippen molar-refractivity contribution in [3.05, 3.63) is 0 Å². The molecule has 58 valence electrons. The first-order valence-corrected chi connectivity index (χ1v) is 4.27. The largest absolute Gasteiger partial charge is 0.463 e. The average Bonchev–Trinajstić information content (AvgIpc) is 2.64. The van der Waals surface area contributed by atoms with E-state index >= 15 is 0 Å². The van der Waals surface area contributed by atoms with Crippen LogP contribution in [0.2, 0.25) is 0 Å². The van der Waals surface area contributed by atoms with E-state index in [9.17, 15) is 4.79 Å². The van der Waals surface area contributed by atoms with E-state index in [4.69, 9.17) is 5.11 Å². The highest BCUT2D eigenvalue weighted by Gasteiger charge is 2.49. The van der Waals surface area contributed by atoms with E-state index in [0.717, 1.165) is 0 Å². The molecule has 4 heteroatoms. The zero-order valence-electron chi connectivity index (χ0n) is 5.47. The third kappa shape index (κ3) is 1.70. The average molecular weight is 209 g/mol. The SMILES string of the molecule is O=C(OCCBr)C1(O)CC1. The second kappa shape index (κ2) is 2.88. The van der Waals surface area contributed by atoms with Gasteiger partial charge in [0, 0.05) is 5.33 Å². The van der Waals surface area contributed by atoms with Gasteiger partial charge in [0.25, 0.3) is 0 Å². The first-order chi connectivity index (χ1) is 4.69. The zero-order chi connectivity index (χ0) is 7.61. The first-order valence-electron chi connectivity index (χ1n) is 3.14. The minimum Gasteiger partial charge on any atom is -0.463 e. The van der Waals surface area contributed by atoms with Crippen LogP contribution in [0, 0.1) is 0 Å². The summed E-state index contributed by atoms with van der Waals surface area (Å²) in [5.41, 5.74) is -1.12. The van der Waals surface area contributed by atoms with Crippen LogP contribution >= 0.6 is 15.9 Å². The Bertz CT molecular complexity index is 142. The van der Waals surface area contributed by atoms with Crippen molar-refractivity contribution in [1.29, 1.82) is 0 Å². The van der Waals surface area contributed by atoms with Gasteiger partial charge < -0.3 is 9.84 Å². The van der Waals surface area contributed by atoms with Crippen LogP contribution in [0.15, 0.2) is 0 Å². The quantitative estimate of drug-likeness (QED) is 0.542. The second-order valence-corrected chi connectivity index (χ2v) is 3.15. The van der Waals surface area contributed by atoms with Gasteiger partial charge in [-0.05, 0) is 12.8 Å². The Hall–Kier alpha value is -0.0900. The summed E-state index contributed by atoms with van der Waals surface area (Å²) in [6, 6.07) is 0. The molecule has 1 fully saturated rings. The molecule has 1 aliphatic rings. The molecule has 0 heterocycles. The van der Waals surface area contributed by atoms with Crippen molar-refractivity contribution in [3.63, 3.8) is 0 Å². The standard InChI is InChI=1S/C6H9BrO3/c7-3-4-10-5(8)6(9)1-2-6/h9H,1-4H2. The summed E-state index contributed by atoms with van der Waals surface area (Å²) in [7, 11) is 0. The maximum Gasteiger partial charge on any atom is 0.338 e. The van der Waals surface area contributed by atoms with Crippen LogP contribution in [-0.4, -0.2) is 28.6 Å². The molecule has 0 saturated heterocycles. The molecule has 0 aromatic carbocycles. The Morgan fingerprint density at radius 1 is 1.70 bits per heavy atom. The van der Waals surface area contributed by atoms with Gasteiger partial charge in [0.05, 0.1) is 0 Å². The van der Waals surface area contributed by atoms with Gasteiger partial charge >= 0.3 is 5.97 Å². The van der Waals surface area contributed by atoms with E-state index in [2.05, 4.69) is 20.7 Å². The summed E-state index contributed by atoms with van der Waals surface area (Å²) in [4.78, 5) is 10.8. The Labute approximate surface area is 67.5 Å². The van der Waals surface area contributed by atoms with Crippen molar-refractivity contribution in [3.8, 4) is 0 Å². The highest BCUT2D eigenvalue weighted by atomic mass is 79.9. The van der Waals surface area contributed by atoms with Gasteiger partial charge in [-0.15, -0.1) is 0 Å². The molecule has 0 radical (unpaired) electrons. The third-order valence-corrected chi connectivity index (χ3v) is 1.74. The highest BCUT2D eigenvalue weighted by Crippen LogP contribution is 2.35. The number of ether oxygens (including phenoxy) is 1. The molecule has 0 spiro atoms. The van der Waals surface area contributed by atoms with Gasteiger partial charge in [0.2, 0.25) is 0 Å². The van der Waals surface area contributed by atoms with Crippen LogP contribution in [0.1, 0.15) is 12.8 Å². The minimum atomic E-state index is -1.12. The molecule has 0 atom stereocenters. The van der Waals surface area contributed by atoms with Crippen LogP contribution in [0.25, 0.3) is 0 Å². The lowest BCUT2D eigenvalue weighted by Crippen LogP contribution is -2.25. The maximum absolute atomic E-state index is 10.8. The van der Waals surface area contributed by atoms with Crippen molar-refractivity contribution in [2.45, 2.75) is 18.4 Å². The van der Waals surface area contributed by atoms with Gasteiger partial charge in [0.1, 0.15) is 6.61 Å². The number of alkyl halides is 1. The molecule has 0 bridgehead atoms. The van der Waals surface area contributed by atoms with E-state index in [-0.39, 0.29) is 0 Å². The van der Waals surface area contributed by atoms with Crippen molar-refractivity contribution < 1.29 is 14.6 Å². The molecule has 1 rings (SSSR count). The number of carbonyl (C=O) groups is 1. The number of hydrogen-bond acceptors (Lipinski definition) is 3. The molecule has 0 aliphatic heterocycles. The van der Waals surface area contributed by atoms with Gasteiger partial charge in [-0.1, -0.05) is 15.9 Å². The number of esters is 1. The molecule has 0 aromatic rings. The van der Waals surface area contributed by atoms with Crippen LogP contribution in [0.4, 0.5) is 0 Å². The fourth-order valence-corrected chi connectivity index (χ4v) is 0.750. The minimum absolute atomic E-state index is 0.334. The fourth-order valence-electron chi connectivity index (χ4n) is 0.588. The molecule has 0 unspecified atom stereocenters. The van der Waals surface area contributed by atoms with Crippen LogP contribution in [0.5, 0.6) is 0 Å². The predicted octanol–water partition coefficient (Wildman–Crippen LogP) is 0.449. The summed E-state index contributed by atoms with van der Waals surface area (Å²) in [5.74, 6) is -0.480. The monoisotopic (exact) mass is 208 g/mol. The Morgan fingerprint density at radius 3 is 2.70 bits per heavy atom. The Balaban J connectivity index is 2.22. The smallest absolute Gasteiger partial charge is 0.338 e. The lowest BCUT2D eigenvalue weighted by molar-refractivity contribution is -0.155. The Kier molecular flexibility index (Phi) is 2.31. The summed E-state index contributed by atoms with van der Waals surface area (Å²) in [5, 5.41) is 9.75. The lowest BCUT2D eigenvalue weighted by atomic mass is 10.3. The molecule has 1 aliphatic carbocycles. The number of carbonyl (C=O) groups excluding carboxylic acids is 1. The number of halogens is 1. The number of rotatable bonds is 3. The van der Waals surface area contributed by atoms with Crippen LogP contribution in [0.3, 0.4) is 0 Å². The fraction of sp³-hybridized carbons (Fsp3) is 0.833. The third-order valence-electron chi connectivity index (χ3n) is 1.41. The van der Waals surface area contributed by atoms with Gasteiger partial charge in [-0.25, -0.2) is 4.79 Å². The maximum atomic E-state index is 10.8. The van der Waals surface area contributed by atoms with Crippen LogP contribution in [-0.2, 0) is 9.53 Å². The van der Waals surface area contributed by atoms with Crippen LogP contribution < -0.4 is 0 Å². The van der Waals surface area contributed by atoms with Crippen molar-refractivity contribution >= 4 is 21.9 Å². The second-order valence-electron chi connectivity index (χ2n) is 2.36. The van der Waals surface area contributed by atoms with E-state index in [1.807, 2.05) is 0 Å². The van der Waals surface area contributed by atoms with Gasteiger partial charge in [0.15, 0.2) is 5.60 Å². The molecule has 1 saturated carbocycles. The van der Waals surface area contributed by atoms with E-state index in [0.29, 0.717) is 24.8 Å².